The predicted molar refractivity (Wildman–Crippen MR) is 289 cm³/mol. The Labute approximate surface area is 396 Å². The molecule has 0 N–H and O–H groups in total. The van der Waals surface area contributed by atoms with E-state index in [1.165, 1.54) is 63.9 Å². The molecule has 0 amide bonds. The molecule has 0 spiro atoms. The molecule has 3 nitrogen and oxygen atoms in total. The Morgan fingerprint density at radius 3 is 1.87 bits per heavy atom. The molecular weight excluding hydrogens is 845 g/mol. The van der Waals surface area contributed by atoms with Gasteiger partial charge in [-0.15, -0.1) is 11.3 Å². The molecule has 0 aliphatic rings. The second-order valence-corrected chi connectivity index (χ2v) is 18.7. The highest BCUT2D eigenvalue weighted by Crippen LogP contribution is 2.48. The fourth-order valence-corrected chi connectivity index (χ4v) is 11.7. The standard InChI is InChI=1S/C64H40N2OS/c1-2-16-42-35-44(32-31-41(42)15-1)43-17-13-19-47(36-43)65(58-26-8-3-21-50(58)46-33-34-63-56(38-46)54-25-7-12-30-62(54)68-63)49-39-55(64-57(40-49)53-24-6-11-29-61(53)67-64)45-18-14-20-48(37-45)66-59-27-9-4-22-51(59)52-23-5-10-28-60(52)66/h1-40H. The van der Waals surface area contributed by atoms with Crippen LogP contribution in [0.1, 0.15) is 0 Å². The van der Waals surface area contributed by atoms with Gasteiger partial charge in [0.25, 0.3) is 0 Å². The number of para-hydroxylation sites is 4. The molecule has 0 aliphatic carbocycles. The minimum Gasteiger partial charge on any atom is -0.455 e. The Morgan fingerprint density at radius 1 is 0.353 bits per heavy atom. The minimum absolute atomic E-state index is 0.862. The van der Waals surface area contributed by atoms with Gasteiger partial charge in [-0.1, -0.05) is 158 Å². The molecule has 4 heteroatoms. The van der Waals surface area contributed by atoms with Crippen LogP contribution < -0.4 is 4.90 Å². The van der Waals surface area contributed by atoms with Crippen molar-refractivity contribution < 1.29 is 4.42 Å². The third-order valence-corrected chi connectivity index (χ3v) is 14.9. The maximum Gasteiger partial charge on any atom is 0.143 e. The molecule has 0 bridgehead atoms. The first-order valence-electron chi connectivity index (χ1n) is 23.1. The molecule has 0 unspecified atom stereocenters. The Hall–Kier alpha value is -8.70. The van der Waals surface area contributed by atoms with E-state index in [1.807, 2.05) is 11.3 Å². The van der Waals surface area contributed by atoms with E-state index in [4.69, 9.17) is 4.42 Å². The molecule has 0 atom stereocenters. The third-order valence-electron chi connectivity index (χ3n) is 13.7. The minimum atomic E-state index is 0.862. The number of benzene rings is 11. The van der Waals surface area contributed by atoms with E-state index in [-0.39, 0.29) is 0 Å². The molecular formula is C64H40N2OS. The van der Waals surface area contributed by atoms with Gasteiger partial charge in [0.15, 0.2) is 0 Å². The summed E-state index contributed by atoms with van der Waals surface area (Å²) in [6, 6.07) is 88.4. The van der Waals surface area contributed by atoms with Crippen LogP contribution >= 0.6 is 11.3 Å². The van der Waals surface area contributed by atoms with Crippen molar-refractivity contribution in [2.75, 3.05) is 4.90 Å². The van der Waals surface area contributed by atoms with Crippen LogP contribution in [0.15, 0.2) is 247 Å². The summed E-state index contributed by atoms with van der Waals surface area (Å²) in [4.78, 5) is 2.46. The molecule has 11 aromatic carbocycles. The molecule has 14 rings (SSSR count). The van der Waals surface area contributed by atoms with E-state index in [1.54, 1.807) is 0 Å². The monoisotopic (exact) mass is 884 g/mol. The van der Waals surface area contributed by atoms with Crippen LogP contribution in [0.5, 0.6) is 0 Å². The molecule has 0 saturated heterocycles. The predicted octanol–water partition coefficient (Wildman–Crippen LogP) is 18.7. The second kappa shape index (κ2) is 15.5. The summed E-state index contributed by atoms with van der Waals surface area (Å²) in [5.41, 5.74) is 15.1. The Morgan fingerprint density at radius 2 is 1.00 bits per heavy atom. The first kappa shape index (κ1) is 38.6. The Balaban J connectivity index is 1.02. The second-order valence-electron chi connectivity index (χ2n) is 17.7. The van der Waals surface area contributed by atoms with Gasteiger partial charge < -0.3 is 13.9 Å². The zero-order chi connectivity index (χ0) is 44.7. The van der Waals surface area contributed by atoms with E-state index in [2.05, 4.69) is 252 Å². The SMILES string of the molecule is c1cc(-c2ccc3ccccc3c2)cc(N(c2cc(-c3cccc(-n4c5ccccc5c5ccccc54)c3)c3oc4ccccc4c3c2)c2ccccc2-c2ccc3sc4ccccc4c3c2)c1. The molecule has 0 fully saturated rings. The number of anilines is 3. The topological polar surface area (TPSA) is 21.3 Å². The number of hydrogen-bond acceptors (Lipinski definition) is 3. The molecule has 14 aromatic rings. The van der Waals surface area contributed by atoms with E-state index < -0.39 is 0 Å². The van der Waals surface area contributed by atoms with Crippen LogP contribution in [0.25, 0.3) is 114 Å². The summed E-state index contributed by atoms with van der Waals surface area (Å²) >= 11 is 1.85. The van der Waals surface area contributed by atoms with Gasteiger partial charge in [-0.3, -0.25) is 0 Å². The fraction of sp³-hybridized carbons (Fsp3) is 0. The largest absolute Gasteiger partial charge is 0.455 e. The first-order chi connectivity index (χ1) is 33.7. The highest BCUT2D eigenvalue weighted by atomic mass is 32.1. The maximum absolute atomic E-state index is 6.90. The van der Waals surface area contributed by atoms with Crippen LogP contribution in [0.3, 0.4) is 0 Å². The van der Waals surface area contributed by atoms with E-state index in [0.717, 1.165) is 66.9 Å². The third kappa shape index (κ3) is 6.19. The van der Waals surface area contributed by atoms with E-state index in [0.29, 0.717) is 0 Å². The van der Waals surface area contributed by atoms with Gasteiger partial charge in [0, 0.05) is 69.9 Å². The van der Waals surface area contributed by atoms with Crippen molar-refractivity contribution in [3.05, 3.63) is 243 Å². The summed E-state index contributed by atoms with van der Waals surface area (Å²) in [6.07, 6.45) is 0. The van der Waals surface area contributed by atoms with Crippen molar-refractivity contribution in [1.29, 1.82) is 0 Å². The van der Waals surface area contributed by atoms with Gasteiger partial charge in [0.05, 0.1) is 16.7 Å². The number of rotatable bonds is 7. The molecule has 318 valence electrons. The van der Waals surface area contributed by atoms with E-state index in [9.17, 15) is 0 Å². The molecule has 0 radical (unpaired) electrons. The maximum atomic E-state index is 6.90. The summed E-state index contributed by atoms with van der Waals surface area (Å²) in [5, 5.41) is 9.64. The van der Waals surface area contributed by atoms with Gasteiger partial charge >= 0.3 is 0 Å². The van der Waals surface area contributed by atoms with Crippen molar-refractivity contribution in [1.82, 2.24) is 4.57 Å². The van der Waals surface area contributed by atoms with Gasteiger partial charge in [-0.25, -0.2) is 0 Å². The van der Waals surface area contributed by atoms with E-state index >= 15 is 0 Å². The lowest BCUT2D eigenvalue weighted by atomic mass is 9.97. The fourth-order valence-electron chi connectivity index (χ4n) is 10.6. The van der Waals surface area contributed by atoms with Gasteiger partial charge in [-0.2, -0.15) is 0 Å². The summed E-state index contributed by atoms with van der Waals surface area (Å²) in [5.74, 6) is 0. The van der Waals surface area contributed by atoms with Crippen LogP contribution in [0.2, 0.25) is 0 Å². The highest BCUT2D eigenvalue weighted by molar-refractivity contribution is 7.25. The lowest BCUT2D eigenvalue weighted by Crippen LogP contribution is -2.11. The highest BCUT2D eigenvalue weighted by Gasteiger charge is 2.23. The molecule has 3 aromatic heterocycles. The van der Waals surface area contributed by atoms with Crippen molar-refractivity contribution in [3.63, 3.8) is 0 Å². The van der Waals surface area contributed by atoms with Crippen molar-refractivity contribution in [2.24, 2.45) is 0 Å². The van der Waals surface area contributed by atoms with Gasteiger partial charge in [0.1, 0.15) is 11.2 Å². The average molecular weight is 885 g/mol. The number of hydrogen-bond donors (Lipinski definition) is 0. The van der Waals surface area contributed by atoms with Gasteiger partial charge in [0.2, 0.25) is 0 Å². The normalized spacial score (nSPS) is 11.8. The Bertz CT molecular complexity index is 4250. The Kier molecular flexibility index (Phi) is 8.76. The zero-order valence-electron chi connectivity index (χ0n) is 36.8. The number of fused-ring (bicyclic) bond motifs is 10. The van der Waals surface area contributed by atoms with Crippen molar-refractivity contribution in [3.8, 4) is 39.1 Å². The van der Waals surface area contributed by atoms with Crippen molar-refractivity contribution >= 4 is 103 Å². The number of thiophene rings is 1. The lowest BCUT2D eigenvalue weighted by Gasteiger charge is -2.29. The molecule has 0 aliphatic heterocycles. The molecule has 68 heavy (non-hydrogen) atoms. The van der Waals surface area contributed by atoms with Crippen molar-refractivity contribution in [2.45, 2.75) is 0 Å². The number of furan rings is 1. The van der Waals surface area contributed by atoms with Gasteiger partial charge in [-0.05, 0) is 118 Å². The molecule has 0 saturated carbocycles. The van der Waals surface area contributed by atoms with Crippen LogP contribution in [0, 0.1) is 0 Å². The number of aromatic nitrogens is 1. The van der Waals surface area contributed by atoms with Crippen LogP contribution in [0.4, 0.5) is 17.1 Å². The summed E-state index contributed by atoms with van der Waals surface area (Å²) < 4.78 is 11.9. The quantitative estimate of drug-likeness (QED) is 0.159. The summed E-state index contributed by atoms with van der Waals surface area (Å²) in [6.45, 7) is 0. The smallest absolute Gasteiger partial charge is 0.143 e. The average Bonchev–Trinajstić information content (AvgIpc) is 4.08. The van der Waals surface area contributed by atoms with Crippen LogP contribution in [-0.2, 0) is 0 Å². The van der Waals surface area contributed by atoms with Crippen LogP contribution in [-0.4, -0.2) is 4.57 Å². The first-order valence-corrected chi connectivity index (χ1v) is 24.0. The summed E-state index contributed by atoms with van der Waals surface area (Å²) in [7, 11) is 0. The number of nitrogens with zero attached hydrogens (tertiary/aromatic N) is 2. The zero-order valence-corrected chi connectivity index (χ0v) is 37.6. The lowest BCUT2D eigenvalue weighted by molar-refractivity contribution is 0.670. The molecule has 3 heterocycles.